The summed E-state index contributed by atoms with van der Waals surface area (Å²) in [6.07, 6.45) is 0.743. The summed E-state index contributed by atoms with van der Waals surface area (Å²) in [6, 6.07) is 13.4. The van der Waals surface area contributed by atoms with Crippen molar-refractivity contribution in [1.29, 1.82) is 0 Å². The quantitative estimate of drug-likeness (QED) is 0.551. The highest BCUT2D eigenvalue weighted by molar-refractivity contribution is 5.97. The lowest BCUT2D eigenvalue weighted by Crippen LogP contribution is -2.37. The van der Waals surface area contributed by atoms with Crippen LogP contribution >= 0.6 is 0 Å². The zero-order valence-electron chi connectivity index (χ0n) is 20.1. The van der Waals surface area contributed by atoms with Crippen molar-refractivity contribution in [3.63, 3.8) is 0 Å². The number of pyridine rings is 1. The zero-order chi connectivity index (χ0) is 24.5. The number of amides is 1. The van der Waals surface area contributed by atoms with Gasteiger partial charge in [0.05, 0.1) is 13.2 Å². The minimum absolute atomic E-state index is 0.0718. The van der Waals surface area contributed by atoms with E-state index in [1.165, 1.54) is 0 Å². The van der Waals surface area contributed by atoms with Crippen LogP contribution in [0.3, 0.4) is 0 Å². The van der Waals surface area contributed by atoms with Crippen LogP contribution in [0.25, 0.3) is 22.3 Å². The molecule has 0 bridgehead atoms. The van der Waals surface area contributed by atoms with Gasteiger partial charge in [0.2, 0.25) is 5.95 Å². The number of ether oxygens (including phenoxy) is 1. The van der Waals surface area contributed by atoms with Crippen molar-refractivity contribution >= 4 is 17.4 Å². The monoisotopic (exact) mass is 475 g/mol. The molecular weight excluding hydrogens is 445 g/mol. The average Bonchev–Trinajstić information content (AvgIpc) is 2.84. The van der Waals surface area contributed by atoms with Crippen molar-refractivity contribution in [1.82, 2.24) is 15.2 Å². The number of halogens is 1. The van der Waals surface area contributed by atoms with E-state index < -0.39 is 5.95 Å². The molecule has 2 aliphatic heterocycles. The van der Waals surface area contributed by atoms with Crippen LogP contribution in [0.5, 0.6) is 0 Å². The fourth-order valence-electron chi connectivity index (χ4n) is 4.87. The highest BCUT2D eigenvalue weighted by Gasteiger charge is 2.21. The second kappa shape index (κ2) is 9.64. The maximum Gasteiger partial charge on any atom is 0.251 e. The summed E-state index contributed by atoms with van der Waals surface area (Å²) in [5, 5.41) is 2.85. The first-order valence-corrected chi connectivity index (χ1v) is 11.9. The Balaban J connectivity index is 1.56. The number of morpholine rings is 1. The minimum Gasteiger partial charge on any atom is -0.383 e. The number of benzene rings is 2. The molecular formula is C27H30FN5O2. The number of nitrogens with zero attached hydrogens (tertiary/aromatic N) is 3. The Hall–Kier alpha value is -3.49. The predicted molar refractivity (Wildman–Crippen MR) is 136 cm³/mol. The van der Waals surface area contributed by atoms with Gasteiger partial charge in [-0.05, 0) is 67.0 Å². The van der Waals surface area contributed by atoms with Gasteiger partial charge in [0.25, 0.3) is 5.91 Å². The molecule has 5 rings (SSSR count). The Labute approximate surface area is 204 Å². The van der Waals surface area contributed by atoms with Crippen LogP contribution in [-0.2, 0) is 17.7 Å². The van der Waals surface area contributed by atoms with E-state index in [-0.39, 0.29) is 11.7 Å². The van der Waals surface area contributed by atoms with Crippen LogP contribution < -0.4 is 16.0 Å². The first-order valence-electron chi connectivity index (χ1n) is 11.9. The summed E-state index contributed by atoms with van der Waals surface area (Å²) in [4.78, 5) is 20.6. The van der Waals surface area contributed by atoms with Crippen LogP contribution in [0.2, 0.25) is 0 Å². The normalized spacial score (nSPS) is 15.8. The summed E-state index contributed by atoms with van der Waals surface area (Å²) < 4.78 is 20.6. The number of nitrogen functional groups attached to an aromatic ring is 1. The summed E-state index contributed by atoms with van der Waals surface area (Å²) in [7, 11) is 4.05. The molecule has 0 saturated carbocycles. The molecule has 3 N–H and O–H groups in total. The van der Waals surface area contributed by atoms with Crippen molar-refractivity contribution in [3.8, 4) is 22.3 Å². The van der Waals surface area contributed by atoms with Crippen molar-refractivity contribution < 1.29 is 13.9 Å². The number of carbonyl (C=O) groups is 1. The van der Waals surface area contributed by atoms with E-state index in [4.69, 9.17) is 10.5 Å². The fraction of sp³-hybridized carbons (Fsp3) is 0.333. The van der Waals surface area contributed by atoms with E-state index in [0.717, 1.165) is 54.0 Å². The Morgan fingerprint density at radius 3 is 2.57 bits per heavy atom. The van der Waals surface area contributed by atoms with Gasteiger partial charge < -0.3 is 25.6 Å². The van der Waals surface area contributed by atoms with Crippen LogP contribution in [-0.4, -0.2) is 62.7 Å². The number of aromatic nitrogens is 1. The van der Waals surface area contributed by atoms with Gasteiger partial charge in [-0.15, -0.1) is 0 Å². The lowest BCUT2D eigenvalue weighted by atomic mass is 9.93. The summed E-state index contributed by atoms with van der Waals surface area (Å²) >= 11 is 0. The van der Waals surface area contributed by atoms with E-state index in [2.05, 4.69) is 26.2 Å². The predicted octanol–water partition coefficient (Wildman–Crippen LogP) is 3.32. The number of rotatable bonds is 5. The molecule has 2 aliphatic rings. The topological polar surface area (TPSA) is 83.7 Å². The standard InChI is InChI=1S/C27H30FN5O2/c1-32(2)16-20-14-17(4-6-24(20)33-9-11-35-12-10-33)22-15-23(26(29)31-25(22)28)18-3-5-21-19(13-18)7-8-30-27(21)34/h3-6,13-15H,7-12,16H2,1-2H3,(H2,29,31)(H,30,34). The SMILES string of the molecule is CN(C)Cc1cc(-c2cc(-c3ccc4c(c3)CCNC4=O)c(N)nc2F)ccc1N1CCOCC1. The van der Waals surface area contributed by atoms with Crippen molar-refractivity contribution in [2.75, 3.05) is 57.6 Å². The number of fused-ring (bicyclic) bond motifs is 1. The number of hydrogen-bond acceptors (Lipinski definition) is 6. The maximum atomic E-state index is 15.1. The second-order valence-electron chi connectivity index (χ2n) is 9.32. The molecule has 35 heavy (non-hydrogen) atoms. The maximum absolute atomic E-state index is 15.1. The summed E-state index contributed by atoms with van der Waals surface area (Å²) in [6.45, 7) is 4.39. The van der Waals surface area contributed by atoms with Gasteiger partial charge in [-0.3, -0.25) is 4.79 Å². The third kappa shape index (κ3) is 4.72. The molecule has 2 aromatic carbocycles. The highest BCUT2D eigenvalue weighted by atomic mass is 19.1. The number of nitrogens with two attached hydrogens (primary N) is 1. The molecule has 1 amide bonds. The second-order valence-corrected chi connectivity index (χ2v) is 9.32. The minimum atomic E-state index is -0.599. The first-order chi connectivity index (χ1) is 16.9. The molecule has 3 heterocycles. The van der Waals surface area contributed by atoms with Crippen LogP contribution in [0, 0.1) is 5.95 Å². The molecule has 0 unspecified atom stereocenters. The lowest BCUT2D eigenvalue weighted by molar-refractivity contribution is 0.0946. The fourth-order valence-corrected chi connectivity index (χ4v) is 4.87. The Bertz CT molecular complexity index is 1270. The molecule has 1 aromatic heterocycles. The molecule has 0 atom stereocenters. The number of hydrogen-bond donors (Lipinski definition) is 2. The summed E-state index contributed by atoms with van der Waals surface area (Å²) in [5.74, 6) is -0.541. The average molecular weight is 476 g/mol. The van der Waals surface area contributed by atoms with Gasteiger partial charge >= 0.3 is 0 Å². The molecule has 0 spiro atoms. The number of carbonyl (C=O) groups excluding carboxylic acids is 1. The number of nitrogens with one attached hydrogen (secondary N) is 1. The van der Waals surface area contributed by atoms with Crippen LogP contribution in [0.1, 0.15) is 21.5 Å². The van der Waals surface area contributed by atoms with Crippen LogP contribution in [0.4, 0.5) is 15.9 Å². The zero-order valence-corrected chi connectivity index (χ0v) is 20.1. The molecule has 1 saturated heterocycles. The van der Waals surface area contributed by atoms with Gasteiger partial charge in [-0.2, -0.15) is 4.39 Å². The largest absolute Gasteiger partial charge is 0.383 e. The van der Waals surface area contributed by atoms with Gasteiger partial charge in [0.15, 0.2) is 0 Å². The lowest BCUT2D eigenvalue weighted by Gasteiger charge is -2.31. The van der Waals surface area contributed by atoms with E-state index in [1.807, 2.05) is 38.4 Å². The van der Waals surface area contributed by atoms with Gasteiger partial charge in [-0.25, -0.2) is 4.98 Å². The smallest absolute Gasteiger partial charge is 0.251 e. The third-order valence-corrected chi connectivity index (χ3v) is 6.58. The van der Waals surface area contributed by atoms with E-state index in [1.54, 1.807) is 12.1 Å². The van der Waals surface area contributed by atoms with Gasteiger partial charge in [-0.1, -0.05) is 18.2 Å². The number of anilines is 2. The molecule has 182 valence electrons. The third-order valence-electron chi connectivity index (χ3n) is 6.58. The Morgan fingerprint density at radius 2 is 1.80 bits per heavy atom. The summed E-state index contributed by atoms with van der Waals surface area (Å²) in [5.41, 5.74) is 12.7. The highest BCUT2D eigenvalue weighted by Crippen LogP contribution is 2.35. The van der Waals surface area contributed by atoms with E-state index in [9.17, 15) is 4.79 Å². The van der Waals surface area contributed by atoms with E-state index >= 15 is 4.39 Å². The molecule has 8 heteroatoms. The van der Waals surface area contributed by atoms with Crippen molar-refractivity contribution in [2.24, 2.45) is 0 Å². The molecule has 1 fully saturated rings. The Kier molecular flexibility index (Phi) is 6.40. The Morgan fingerprint density at radius 1 is 1.06 bits per heavy atom. The molecule has 0 radical (unpaired) electrons. The molecule has 0 aliphatic carbocycles. The van der Waals surface area contributed by atoms with Crippen molar-refractivity contribution in [3.05, 3.63) is 65.1 Å². The first kappa shape index (κ1) is 23.3. The molecule has 7 nitrogen and oxygen atoms in total. The molecule has 3 aromatic rings. The van der Waals surface area contributed by atoms with Gasteiger partial charge in [0, 0.05) is 48.6 Å². The van der Waals surface area contributed by atoms with Crippen molar-refractivity contribution in [2.45, 2.75) is 13.0 Å². The van der Waals surface area contributed by atoms with Crippen LogP contribution in [0.15, 0.2) is 42.5 Å². The van der Waals surface area contributed by atoms with Gasteiger partial charge in [0.1, 0.15) is 5.82 Å². The van der Waals surface area contributed by atoms with E-state index in [0.29, 0.717) is 36.4 Å².